The minimum absolute atomic E-state index is 0.177. The molecular weight excluding hydrogens is 422 g/mol. The van der Waals surface area contributed by atoms with E-state index in [0.29, 0.717) is 24.5 Å². The normalized spacial score (nSPS) is 33.5. The maximum atomic E-state index is 12.3. The van der Waals surface area contributed by atoms with Crippen molar-refractivity contribution >= 4 is 17.3 Å². The molecule has 176 valence electrons. The number of nitrogens with zero attached hydrogens (tertiary/aromatic N) is 3. The second kappa shape index (κ2) is 9.79. The van der Waals surface area contributed by atoms with Gasteiger partial charge in [0.05, 0.1) is 6.61 Å². The van der Waals surface area contributed by atoms with Crippen molar-refractivity contribution in [2.45, 2.75) is 37.8 Å². The number of pyridine rings is 1. The summed E-state index contributed by atoms with van der Waals surface area (Å²) < 4.78 is 7.11. The molecule has 8 heteroatoms. The Morgan fingerprint density at radius 1 is 1.19 bits per heavy atom. The number of rotatable bonds is 7. The molecule has 0 amide bonds. The summed E-state index contributed by atoms with van der Waals surface area (Å²) in [7, 11) is 1.71. The third-order valence-corrected chi connectivity index (χ3v) is 8.44. The minimum atomic E-state index is 0.177. The monoisotopic (exact) mass is 459 g/mol. The van der Waals surface area contributed by atoms with Crippen LogP contribution in [-0.4, -0.2) is 85.1 Å². The number of likely N-dealkylation sites (tertiary alicyclic amines) is 1. The van der Waals surface area contributed by atoms with E-state index < -0.39 is 0 Å². The molecule has 1 unspecified atom stereocenters. The Hall–Kier alpha value is -1.48. The number of fused-ring (bicyclic) bond motifs is 7. The van der Waals surface area contributed by atoms with E-state index in [1.807, 2.05) is 10.6 Å². The van der Waals surface area contributed by atoms with E-state index in [9.17, 15) is 4.79 Å². The molecule has 0 aromatic carbocycles. The van der Waals surface area contributed by atoms with Crippen molar-refractivity contribution in [1.82, 2.24) is 25.0 Å². The Balaban J connectivity index is 1.13. The first-order valence-corrected chi connectivity index (χ1v) is 12.7. The highest BCUT2D eigenvalue weighted by atomic mass is 32.1. The highest BCUT2D eigenvalue weighted by molar-refractivity contribution is 7.80. The fraction of sp³-hybridized carbons (Fsp3) is 0.750. The van der Waals surface area contributed by atoms with Crippen molar-refractivity contribution in [3.05, 3.63) is 34.2 Å². The van der Waals surface area contributed by atoms with E-state index in [1.54, 1.807) is 13.2 Å². The van der Waals surface area contributed by atoms with Crippen LogP contribution in [0.2, 0.25) is 0 Å². The van der Waals surface area contributed by atoms with Crippen LogP contribution in [0.3, 0.4) is 0 Å². The van der Waals surface area contributed by atoms with Crippen LogP contribution in [0, 0.1) is 17.8 Å². The quantitative estimate of drug-likeness (QED) is 0.468. The van der Waals surface area contributed by atoms with Crippen LogP contribution in [0.1, 0.15) is 30.9 Å². The van der Waals surface area contributed by atoms with Crippen LogP contribution in [0.4, 0.5) is 0 Å². The Morgan fingerprint density at radius 2 is 2.09 bits per heavy atom. The van der Waals surface area contributed by atoms with Gasteiger partial charge in [-0.25, -0.2) is 0 Å². The van der Waals surface area contributed by atoms with Crippen LogP contribution in [0.25, 0.3) is 0 Å². The van der Waals surface area contributed by atoms with Gasteiger partial charge < -0.3 is 24.8 Å². The molecule has 6 heterocycles. The third kappa shape index (κ3) is 4.74. The smallest absolute Gasteiger partial charge is 0.250 e. The van der Waals surface area contributed by atoms with Gasteiger partial charge >= 0.3 is 0 Å². The van der Waals surface area contributed by atoms with Gasteiger partial charge in [0.2, 0.25) is 0 Å². The van der Waals surface area contributed by atoms with Gasteiger partial charge in [-0.05, 0) is 61.8 Å². The summed E-state index contributed by atoms with van der Waals surface area (Å²) in [6, 6.07) is 6.41. The van der Waals surface area contributed by atoms with Gasteiger partial charge in [0, 0.05) is 76.6 Å². The summed E-state index contributed by atoms with van der Waals surface area (Å²) in [5, 5.41) is 7.36. The molecule has 4 bridgehead atoms. The summed E-state index contributed by atoms with van der Waals surface area (Å²) in [6.45, 7) is 9.14. The van der Waals surface area contributed by atoms with E-state index in [-0.39, 0.29) is 5.56 Å². The van der Waals surface area contributed by atoms with Crippen molar-refractivity contribution in [3.63, 3.8) is 0 Å². The number of thiocarbonyl (C=S) groups is 1. The highest BCUT2D eigenvalue weighted by Crippen LogP contribution is 2.39. The highest BCUT2D eigenvalue weighted by Gasteiger charge is 2.42. The maximum absolute atomic E-state index is 12.3. The third-order valence-electron chi connectivity index (χ3n) is 8.15. The second-order valence-electron chi connectivity index (χ2n) is 10.2. The molecule has 4 fully saturated rings. The predicted octanol–water partition coefficient (Wildman–Crippen LogP) is 1.09. The van der Waals surface area contributed by atoms with Gasteiger partial charge in [-0.15, -0.1) is 0 Å². The first-order chi connectivity index (χ1) is 15.6. The summed E-state index contributed by atoms with van der Waals surface area (Å²) in [6.07, 6.45) is 3.85. The van der Waals surface area contributed by atoms with Crippen molar-refractivity contribution in [3.8, 4) is 0 Å². The van der Waals surface area contributed by atoms with Gasteiger partial charge in [-0.1, -0.05) is 6.07 Å². The number of hydrogen-bond donors (Lipinski definition) is 2. The summed E-state index contributed by atoms with van der Waals surface area (Å²) >= 11 is 5.40. The SMILES string of the molecule is COCCNC(=S)NC[C@@H]1C[C@H]2CCN1C[C@@H]2CN1C[C@H]2C[C@H](C1)c1cccc(=O)n1C2. The average Bonchev–Trinajstić information content (AvgIpc) is 2.79. The first kappa shape index (κ1) is 22.3. The number of piperidine rings is 4. The van der Waals surface area contributed by atoms with Crippen LogP contribution in [0.5, 0.6) is 0 Å². The lowest BCUT2D eigenvalue weighted by Crippen LogP contribution is -2.59. The Bertz CT molecular complexity index is 876. The average molecular weight is 460 g/mol. The summed E-state index contributed by atoms with van der Waals surface area (Å²) in [4.78, 5) is 17.7. The molecule has 5 aliphatic rings. The largest absolute Gasteiger partial charge is 0.383 e. The lowest BCUT2D eigenvalue weighted by molar-refractivity contribution is -0.0189. The zero-order valence-corrected chi connectivity index (χ0v) is 20.0. The van der Waals surface area contributed by atoms with Crippen molar-refractivity contribution in [2.75, 3.05) is 59.5 Å². The van der Waals surface area contributed by atoms with E-state index in [1.165, 1.54) is 44.6 Å². The summed E-state index contributed by atoms with van der Waals surface area (Å²) in [5.41, 5.74) is 1.43. The van der Waals surface area contributed by atoms with Gasteiger partial charge in [-0.3, -0.25) is 9.69 Å². The number of hydrogen-bond acceptors (Lipinski definition) is 5. The van der Waals surface area contributed by atoms with E-state index in [0.717, 1.165) is 49.7 Å². The van der Waals surface area contributed by atoms with E-state index in [4.69, 9.17) is 17.0 Å². The van der Waals surface area contributed by atoms with Crippen LogP contribution in [0.15, 0.2) is 23.0 Å². The van der Waals surface area contributed by atoms with E-state index >= 15 is 0 Å². The molecule has 0 spiro atoms. The fourth-order valence-corrected chi connectivity index (χ4v) is 6.87. The van der Waals surface area contributed by atoms with Gasteiger partial charge in [-0.2, -0.15) is 0 Å². The molecule has 32 heavy (non-hydrogen) atoms. The van der Waals surface area contributed by atoms with Crippen LogP contribution in [-0.2, 0) is 11.3 Å². The number of methoxy groups -OCH3 is 1. The van der Waals surface area contributed by atoms with Crippen LogP contribution < -0.4 is 16.2 Å². The van der Waals surface area contributed by atoms with Crippen molar-refractivity contribution in [1.29, 1.82) is 0 Å². The second-order valence-corrected chi connectivity index (χ2v) is 10.6. The van der Waals surface area contributed by atoms with Crippen molar-refractivity contribution in [2.24, 2.45) is 17.8 Å². The molecule has 1 aromatic heterocycles. The molecule has 0 aliphatic carbocycles. The number of aromatic nitrogens is 1. The molecule has 0 radical (unpaired) electrons. The zero-order valence-electron chi connectivity index (χ0n) is 19.2. The van der Waals surface area contributed by atoms with E-state index in [2.05, 4.69) is 26.5 Å². The molecule has 2 N–H and O–H groups in total. The Morgan fingerprint density at radius 3 is 2.91 bits per heavy atom. The Labute approximate surface area is 196 Å². The minimum Gasteiger partial charge on any atom is -0.383 e. The summed E-state index contributed by atoms with van der Waals surface area (Å²) in [5.74, 6) is 2.72. The van der Waals surface area contributed by atoms with Gasteiger partial charge in [0.25, 0.3) is 5.56 Å². The number of nitrogens with one attached hydrogen (secondary N) is 2. The zero-order chi connectivity index (χ0) is 22.1. The molecule has 6 atom stereocenters. The lowest BCUT2D eigenvalue weighted by Gasteiger charge is -2.52. The molecule has 0 saturated carbocycles. The Kier molecular flexibility index (Phi) is 6.83. The molecular formula is C24H37N5O2S. The van der Waals surface area contributed by atoms with Crippen molar-refractivity contribution < 1.29 is 4.74 Å². The molecule has 1 aromatic rings. The standard InChI is InChI=1S/C24H37N5O2S/c1-31-8-6-25-24(32)26-11-21-10-18-5-7-28(21)16-20(18)15-27-12-17-9-19(14-27)22-3-2-4-23(30)29(22)13-17/h2-4,17-21H,5-16H2,1H3,(H2,25,26,32)/t17-,18-,19-,20+,21+/m1/s1. The molecule has 6 rings (SSSR count). The number of ether oxygens (including phenoxy) is 1. The topological polar surface area (TPSA) is 61.8 Å². The van der Waals surface area contributed by atoms with Crippen LogP contribution >= 0.6 is 12.2 Å². The fourth-order valence-electron chi connectivity index (χ4n) is 6.68. The predicted molar refractivity (Wildman–Crippen MR) is 130 cm³/mol. The maximum Gasteiger partial charge on any atom is 0.250 e. The lowest BCUT2D eigenvalue weighted by atomic mass is 9.74. The first-order valence-electron chi connectivity index (χ1n) is 12.3. The molecule has 5 aliphatic heterocycles. The molecule has 7 nitrogen and oxygen atoms in total. The van der Waals surface area contributed by atoms with Gasteiger partial charge in [0.1, 0.15) is 0 Å². The molecule has 4 saturated heterocycles. The van der Waals surface area contributed by atoms with Gasteiger partial charge in [0.15, 0.2) is 5.11 Å².